The molecule has 1 unspecified atom stereocenters. The quantitative estimate of drug-likeness (QED) is 0.492. The van der Waals surface area contributed by atoms with E-state index in [-0.39, 0.29) is 19.5 Å². The SMILES string of the molecule is CC1(C)O[C@@H]2[C@H](O1)[C@@H](C(O)CS(=O)(=O)NCc1ccccc1)O[C@H]2N1CCC(=O)NC1=O. The molecule has 176 valence electrons. The van der Waals surface area contributed by atoms with Crippen molar-refractivity contribution in [1.82, 2.24) is 14.9 Å². The van der Waals surface area contributed by atoms with E-state index in [1.165, 1.54) is 4.90 Å². The minimum atomic E-state index is -3.85. The highest BCUT2D eigenvalue weighted by atomic mass is 32.2. The molecule has 0 radical (unpaired) electrons. The monoisotopic (exact) mass is 469 g/mol. The van der Waals surface area contributed by atoms with Crippen LogP contribution in [0.25, 0.3) is 0 Å². The van der Waals surface area contributed by atoms with E-state index in [0.29, 0.717) is 0 Å². The van der Waals surface area contributed by atoms with Gasteiger partial charge in [0, 0.05) is 19.5 Å². The topological polar surface area (TPSA) is 144 Å². The molecule has 11 nitrogen and oxygen atoms in total. The average Bonchev–Trinajstić information content (AvgIpc) is 3.20. The van der Waals surface area contributed by atoms with Gasteiger partial charge in [-0.3, -0.25) is 15.0 Å². The normalized spacial score (nSPS) is 30.8. The van der Waals surface area contributed by atoms with Crippen molar-refractivity contribution in [3.05, 3.63) is 35.9 Å². The van der Waals surface area contributed by atoms with Crippen LogP contribution in [0.1, 0.15) is 25.8 Å². The number of aliphatic hydroxyl groups excluding tert-OH is 1. The van der Waals surface area contributed by atoms with Gasteiger partial charge in [-0.15, -0.1) is 0 Å². The molecule has 3 aliphatic rings. The van der Waals surface area contributed by atoms with Crippen molar-refractivity contribution in [2.24, 2.45) is 0 Å². The first kappa shape index (κ1) is 23.1. The third-order valence-corrected chi connectivity index (χ3v) is 6.93. The molecule has 3 heterocycles. The summed E-state index contributed by atoms with van der Waals surface area (Å²) in [7, 11) is -3.85. The Bertz CT molecular complexity index is 970. The predicted octanol–water partition coefficient (Wildman–Crippen LogP) is -0.346. The summed E-state index contributed by atoms with van der Waals surface area (Å²) in [5.74, 6) is -2.02. The molecule has 1 aromatic rings. The van der Waals surface area contributed by atoms with Crippen LogP contribution in [0.3, 0.4) is 0 Å². The van der Waals surface area contributed by atoms with Crippen LogP contribution in [0.2, 0.25) is 0 Å². The minimum absolute atomic E-state index is 0.0880. The van der Waals surface area contributed by atoms with Crippen LogP contribution in [0.5, 0.6) is 0 Å². The summed E-state index contributed by atoms with van der Waals surface area (Å²) >= 11 is 0. The van der Waals surface area contributed by atoms with Crippen molar-refractivity contribution in [2.45, 2.75) is 63.2 Å². The van der Waals surface area contributed by atoms with Gasteiger partial charge >= 0.3 is 6.03 Å². The summed E-state index contributed by atoms with van der Waals surface area (Å²) in [6.45, 7) is 3.57. The molecule has 3 saturated heterocycles. The van der Waals surface area contributed by atoms with Crippen molar-refractivity contribution < 1.29 is 37.3 Å². The van der Waals surface area contributed by atoms with Gasteiger partial charge in [0.1, 0.15) is 18.3 Å². The molecule has 0 bridgehead atoms. The number of fused-ring (bicyclic) bond motifs is 1. The lowest BCUT2D eigenvalue weighted by Gasteiger charge is -2.34. The van der Waals surface area contributed by atoms with Gasteiger partial charge in [-0.2, -0.15) is 0 Å². The van der Waals surface area contributed by atoms with E-state index in [1.807, 2.05) is 6.07 Å². The highest BCUT2D eigenvalue weighted by molar-refractivity contribution is 7.89. The fourth-order valence-electron chi connectivity index (χ4n) is 4.16. The third-order valence-electron chi connectivity index (χ3n) is 5.57. The number of hydrogen-bond donors (Lipinski definition) is 3. The number of nitrogens with one attached hydrogen (secondary N) is 2. The molecule has 3 fully saturated rings. The maximum atomic E-state index is 12.6. The highest BCUT2D eigenvalue weighted by Gasteiger charge is 2.59. The second-order valence-corrected chi connectivity index (χ2v) is 10.4. The van der Waals surface area contributed by atoms with Crippen LogP contribution < -0.4 is 10.0 Å². The number of benzene rings is 1. The standard InChI is InChI=1S/C20H27N3O8S/c1-20(2)30-16-15(13(24)11-32(27,28)21-10-12-6-4-3-5-7-12)29-18(17(16)31-20)23-9-8-14(25)22-19(23)26/h3-7,13,15-18,21,24H,8-11H2,1-2H3,(H,22,25,26)/t13?,15-,16-,17-,18-/m1/s1. The Balaban J connectivity index is 1.46. The van der Waals surface area contributed by atoms with Gasteiger partial charge in [0.05, 0.1) is 11.9 Å². The zero-order chi connectivity index (χ0) is 23.1. The molecule has 3 aliphatic heterocycles. The second-order valence-electron chi connectivity index (χ2n) is 8.51. The number of rotatable bonds is 7. The van der Waals surface area contributed by atoms with Gasteiger partial charge in [0.15, 0.2) is 12.0 Å². The van der Waals surface area contributed by atoms with Crippen LogP contribution in [0.15, 0.2) is 30.3 Å². The number of urea groups is 1. The molecular formula is C20H27N3O8S. The van der Waals surface area contributed by atoms with Crippen molar-refractivity contribution >= 4 is 22.0 Å². The molecular weight excluding hydrogens is 442 g/mol. The first-order valence-electron chi connectivity index (χ1n) is 10.4. The molecule has 32 heavy (non-hydrogen) atoms. The molecule has 3 N–H and O–H groups in total. The second kappa shape index (κ2) is 8.69. The first-order chi connectivity index (χ1) is 15.0. The molecule has 5 atom stereocenters. The Morgan fingerprint density at radius 2 is 1.91 bits per heavy atom. The van der Waals surface area contributed by atoms with Gasteiger partial charge in [0.2, 0.25) is 15.9 Å². The fraction of sp³-hybridized carbons (Fsp3) is 0.600. The fourth-order valence-corrected chi connectivity index (χ4v) is 5.30. The number of ether oxygens (including phenoxy) is 3. The summed E-state index contributed by atoms with van der Waals surface area (Å²) in [4.78, 5) is 25.1. The van der Waals surface area contributed by atoms with Crippen molar-refractivity contribution in [1.29, 1.82) is 0 Å². The average molecular weight is 470 g/mol. The lowest BCUT2D eigenvalue weighted by molar-refractivity contribution is -0.210. The van der Waals surface area contributed by atoms with Crippen molar-refractivity contribution in [3.63, 3.8) is 0 Å². The first-order valence-corrected chi connectivity index (χ1v) is 12.0. The summed E-state index contributed by atoms with van der Waals surface area (Å²) in [5, 5.41) is 13.0. The summed E-state index contributed by atoms with van der Waals surface area (Å²) in [6.07, 6.45) is -4.87. The molecule has 3 amide bonds. The molecule has 1 aromatic carbocycles. The molecule has 4 rings (SSSR count). The number of nitrogens with zero attached hydrogens (tertiary/aromatic N) is 1. The summed E-state index contributed by atoms with van der Waals surface area (Å²) in [5.41, 5.74) is 0.780. The Hall–Kier alpha value is -2.09. The number of carbonyl (C=O) groups is 2. The molecule has 0 aromatic heterocycles. The lowest BCUT2D eigenvalue weighted by Crippen LogP contribution is -2.56. The van der Waals surface area contributed by atoms with Gasteiger partial charge in [-0.1, -0.05) is 30.3 Å². The van der Waals surface area contributed by atoms with Crippen molar-refractivity contribution in [2.75, 3.05) is 12.3 Å². The van der Waals surface area contributed by atoms with Crippen LogP contribution >= 0.6 is 0 Å². The number of amides is 3. The van der Waals surface area contributed by atoms with Crippen LogP contribution in [0.4, 0.5) is 4.79 Å². The Kier molecular flexibility index (Phi) is 6.27. The Morgan fingerprint density at radius 3 is 2.59 bits per heavy atom. The smallest absolute Gasteiger partial charge is 0.326 e. The Morgan fingerprint density at radius 1 is 1.22 bits per heavy atom. The van der Waals surface area contributed by atoms with E-state index in [9.17, 15) is 23.1 Å². The van der Waals surface area contributed by atoms with Crippen molar-refractivity contribution in [3.8, 4) is 0 Å². The van der Waals surface area contributed by atoms with Gasteiger partial charge in [-0.05, 0) is 19.4 Å². The van der Waals surface area contributed by atoms with Crippen LogP contribution in [0, 0.1) is 0 Å². The maximum absolute atomic E-state index is 12.6. The third kappa shape index (κ3) is 4.95. The van der Waals surface area contributed by atoms with Crippen LogP contribution in [-0.2, 0) is 35.6 Å². The zero-order valence-corrected chi connectivity index (χ0v) is 18.6. The number of carbonyl (C=O) groups excluding carboxylic acids is 2. The molecule has 12 heteroatoms. The van der Waals surface area contributed by atoms with Gasteiger partial charge in [0.25, 0.3) is 0 Å². The number of imide groups is 1. The molecule has 0 spiro atoms. The number of aliphatic hydroxyl groups is 1. The van der Waals surface area contributed by atoms with E-state index < -0.39 is 64.1 Å². The summed E-state index contributed by atoms with van der Waals surface area (Å²) < 4.78 is 45.2. The largest absolute Gasteiger partial charge is 0.389 e. The predicted molar refractivity (Wildman–Crippen MR) is 110 cm³/mol. The van der Waals surface area contributed by atoms with E-state index in [4.69, 9.17) is 14.2 Å². The van der Waals surface area contributed by atoms with E-state index in [1.54, 1.807) is 38.1 Å². The zero-order valence-electron chi connectivity index (χ0n) is 17.8. The van der Waals surface area contributed by atoms with E-state index in [0.717, 1.165) is 5.56 Å². The lowest BCUT2D eigenvalue weighted by atomic mass is 10.1. The number of sulfonamides is 1. The maximum Gasteiger partial charge on any atom is 0.326 e. The van der Waals surface area contributed by atoms with E-state index in [2.05, 4.69) is 10.0 Å². The Labute approximate surface area is 186 Å². The van der Waals surface area contributed by atoms with Gasteiger partial charge < -0.3 is 19.3 Å². The molecule has 0 aliphatic carbocycles. The minimum Gasteiger partial charge on any atom is -0.389 e. The van der Waals surface area contributed by atoms with Gasteiger partial charge in [-0.25, -0.2) is 17.9 Å². The van der Waals surface area contributed by atoms with E-state index >= 15 is 0 Å². The summed E-state index contributed by atoms with van der Waals surface area (Å²) in [6, 6.07) is 8.37. The highest BCUT2D eigenvalue weighted by Crippen LogP contribution is 2.41. The van der Waals surface area contributed by atoms with Crippen LogP contribution in [-0.4, -0.2) is 79.1 Å². The number of hydrogen-bond acceptors (Lipinski definition) is 8. The molecule has 0 saturated carbocycles.